The monoisotopic (exact) mass is 358 g/mol. The molecule has 4 nitrogen and oxygen atoms in total. The third-order valence-corrected chi connectivity index (χ3v) is 5.57. The average molecular weight is 359 g/mol. The minimum absolute atomic E-state index is 0.225. The number of rotatable bonds is 8. The number of likely N-dealkylation sites (N-methyl/N-ethyl adjacent to an activating group) is 1. The molecule has 1 saturated heterocycles. The molecule has 1 aliphatic rings. The molecule has 1 N–H and O–H groups in total. The number of piperidine rings is 1. The highest BCUT2D eigenvalue weighted by atomic mass is 19.1. The molecule has 0 amide bonds. The van der Waals surface area contributed by atoms with Crippen molar-refractivity contribution in [2.75, 3.05) is 50.7 Å². The lowest BCUT2D eigenvalue weighted by atomic mass is 9.96. The van der Waals surface area contributed by atoms with Gasteiger partial charge < -0.3 is 15.1 Å². The van der Waals surface area contributed by atoms with Gasteiger partial charge in [-0.25, -0.2) is 4.39 Å². The zero-order chi connectivity index (χ0) is 18.4. The molecule has 2 aromatic rings. The SMILES string of the molecule is CCN(CC)CCNCC1CCN(c2ccnc3cc(F)ccc23)CC1. The van der Waals surface area contributed by atoms with Crippen molar-refractivity contribution in [2.45, 2.75) is 26.7 Å². The second kappa shape index (κ2) is 9.28. The van der Waals surface area contributed by atoms with Crippen LogP contribution in [-0.2, 0) is 0 Å². The largest absolute Gasteiger partial charge is 0.371 e. The van der Waals surface area contributed by atoms with Gasteiger partial charge in [0, 0.05) is 49.5 Å². The number of nitrogens with one attached hydrogen (secondary N) is 1. The number of aromatic nitrogens is 1. The molecule has 2 heterocycles. The van der Waals surface area contributed by atoms with Gasteiger partial charge >= 0.3 is 0 Å². The van der Waals surface area contributed by atoms with Crippen LogP contribution >= 0.6 is 0 Å². The molecule has 1 aromatic carbocycles. The fraction of sp³-hybridized carbons (Fsp3) is 0.571. The lowest BCUT2D eigenvalue weighted by Gasteiger charge is -2.34. The highest BCUT2D eigenvalue weighted by Gasteiger charge is 2.20. The van der Waals surface area contributed by atoms with Crippen molar-refractivity contribution in [3.63, 3.8) is 0 Å². The zero-order valence-electron chi connectivity index (χ0n) is 16.0. The van der Waals surface area contributed by atoms with Gasteiger partial charge in [0.05, 0.1) is 5.52 Å². The van der Waals surface area contributed by atoms with Crippen LogP contribution in [0, 0.1) is 11.7 Å². The Balaban J connectivity index is 1.50. The fourth-order valence-corrected chi connectivity index (χ4v) is 3.84. The summed E-state index contributed by atoms with van der Waals surface area (Å²) in [7, 11) is 0. The zero-order valence-corrected chi connectivity index (χ0v) is 16.0. The maximum Gasteiger partial charge on any atom is 0.125 e. The van der Waals surface area contributed by atoms with Crippen LogP contribution in [-0.4, -0.2) is 55.7 Å². The normalized spacial score (nSPS) is 15.9. The Morgan fingerprint density at radius 3 is 2.69 bits per heavy atom. The van der Waals surface area contributed by atoms with E-state index < -0.39 is 0 Å². The van der Waals surface area contributed by atoms with Crippen molar-refractivity contribution < 1.29 is 4.39 Å². The molecule has 0 saturated carbocycles. The van der Waals surface area contributed by atoms with E-state index in [-0.39, 0.29) is 5.82 Å². The highest BCUT2D eigenvalue weighted by Crippen LogP contribution is 2.29. The highest BCUT2D eigenvalue weighted by molar-refractivity contribution is 5.91. The van der Waals surface area contributed by atoms with Crippen molar-refractivity contribution in [1.82, 2.24) is 15.2 Å². The Kier molecular flexibility index (Phi) is 6.80. The molecular formula is C21H31FN4. The van der Waals surface area contributed by atoms with Gasteiger partial charge in [0.25, 0.3) is 0 Å². The number of hydrogen-bond donors (Lipinski definition) is 1. The van der Waals surface area contributed by atoms with E-state index in [2.05, 4.69) is 40.0 Å². The number of halogens is 1. The minimum atomic E-state index is -0.225. The van der Waals surface area contributed by atoms with Crippen molar-refractivity contribution in [3.05, 3.63) is 36.3 Å². The van der Waals surface area contributed by atoms with Gasteiger partial charge in [0.1, 0.15) is 5.82 Å². The summed E-state index contributed by atoms with van der Waals surface area (Å²) < 4.78 is 13.4. The second-order valence-corrected chi connectivity index (χ2v) is 7.15. The Morgan fingerprint density at radius 1 is 1.19 bits per heavy atom. The van der Waals surface area contributed by atoms with Gasteiger partial charge in [-0.05, 0) is 56.6 Å². The Morgan fingerprint density at radius 2 is 1.96 bits per heavy atom. The summed E-state index contributed by atoms with van der Waals surface area (Å²) >= 11 is 0. The van der Waals surface area contributed by atoms with Crippen molar-refractivity contribution >= 4 is 16.6 Å². The first kappa shape index (κ1) is 19.1. The van der Waals surface area contributed by atoms with Crippen molar-refractivity contribution in [2.24, 2.45) is 5.92 Å². The van der Waals surface area contributed by atoms with Gasteiger partial charge in [-0.2, -0.15) is 0 Å². The number of benzene rings is 1. The molecule has 142 valence electrons. The maximum absolute atomic E-state index is 13.4. The average Bonchev–Trinajstić information content (AvgIpc) is 2.68. The van der Waals surface area contributed by atoms with E-state index in [9.17, 15) is 4.39 Å². The first-order valence-electron chi connectivity index (χ1n) is 9.93. The van der Waals surface area contributed by atoms with Crippen LogP contribution in [0.5, 0.6) is 0 Å². The van der Waals surface area contributed by atoms with Crippen LogP contribution < -0.4 is 10.2 Å². The molecule has 0 radical (unpaired) electrons. The molecule has 0 unspecified atom stereocenters. The summed E-state index contributed by atoms with van der Waals surface area (Å²) in [6.45, 7) is 12.1. The van der Waals surface area contributed by atoms with E-state index in [4.69, 9.17) is 0 Å². The molecule has 0 bridgehead atoms. The Bertz CT molecular complexity index is 693. The van der Waals surface area contributed by atoms with Gasteiger partial charge in [-0.15, -0.1) is 0 Å². The smallest absolute Gasteiger partial charge is 0.125 e. The number of hydrogen-bond acceptors (Lipinski definition) is 4. The molecular weight excluding hydrogens is 327 g/mol. The van der Waals surface area contributed by atoms with Crippen LogP contribution in [0.25, 0.3) is 10.9 Å². The van der Waals surface area contributed by atoms with Crippen LogP contribution in [0.2, 0.25) is 0 Å². The molecule has 26 heavy (non-hydrogen) atoms. The predicted molar refractivity (Wildman–Crippen MR) is 107 cm³/mol. The van der Waals surface area contributed by atoms with E-state index in [1.54, 1.807) is 6.20 Å². The van der Waals surface area contributed by atoms with Crippen LogP contribution in [0.1, 0.15) is 26.7 Å². The topological polar surface area (TPSA) is 31.4 Å². The van der Waals surface area contributed by atoms with Gasteiger partial charge in [0.2, 0.25) is 0 Å². The quantitative estimate of drug-likeness (QED) is 0.732. The van der Waals surface area contributed by atoms with Crippen LogP contribution in [0.15, 0.2) is 30.5 Å². The van der Waals surface area contributed by atoms with E-state index in [0.717, 1.165) is 62.6 Å². The summed E-state index contributed by atoms with van der Waals surface area (Å²) in [6.07, 6.45) is 4.19. The maximum atomic E-state index is 13.4. The molecule has 0 spiro atoms. The van der Waals surface area contributed by atoms with E-state index in [0.29, 0.717) is 0 Å². The third-order valence-electron chi connectivity index (χ3n) is 5.57. The fourth-order valence-electron chi connectivity index (χ4n) is 3.84. The van der Waals surface area contributed by atoms with Crippen LogP contribution in [0.3, 0.4) is 0 Å². The van der Waals surface area contributed by atoms with Gasteiger partial charge in [-0.3, -0.25) is 4.98 Å². The van der Waals surface area contributed by atoms with Gasteiger partial charge in [0.15, 0.2) is 0 Å². The van der Waals surface area contributed by atoms with E-state index in [1.807, 2.05) is 6.07 Å². The lowest BCUT2D eigenvalue weighted by Crippen LogP contribution is -2.39. The first-order chi connectivity index (χ1) is 12.7. The minimum Gasteiger partial charge on any atom is -0.371 e. The number of pyridine rings is 1. The van der Waals surface area contributed by atoms with E-state index >= 15 is 0 Å². The van der Waals surface area contributed by atoms with Crippen LogP contribution in [0.4, 0.5) is 10.1 Å². The summed E-state index contributed by atoms with van der Waals surface area (Å²) in [5.41, 5.74) is 1.92. The number of anilines is 1. The summed E-state index contributed by atoms with van der Waals surface area (Å²) in [5, 5.41) is 4.68. The molecule has 1 fully saturated rings. The molecule has 0 atom stereocenters. The molecule has 3 rings (SSSR count). The second-order valence-electron chi connectivity index (χ2n) is 7.15. The van der Waals surface area contributed by atoms with E-state index in [1.165, 1.54) is 30.7 Å². The number of nitrogens with zero attached hydrogens (tertiary/aromatic N) is 3. The molecule has 1 aliphatic heterocycles. The Hall–Kier alpha value is -1.72. The van der Waals surface area contributed by atoms with Gasteiger partial charge in [-0.1, -0.05) is 13.8 Å². The molecule has 1 aromatic heterocycles. The molecule has 0 aliphatic carbocycles. The number of fused-ring (bicyclic) bond motifs is 1. The predicted octanol–water partition coefficient (Wildman–Crippen LogP) is 3.52. The summed E-state index contributed by atoms with van der Waals surface area (Å²) in [6, 6.07) is 6.96. The standard InChI is InChI=1S/C21H31FN4/c1-3-25(4-2)14-11-23-16-17-8-12-26(13-9-17)21-7-10-24-20-15-18(22)5-6-19(20)21/h5-7,10,15,17,23H,3-4,8-9,11-14,16H2,1-2H3. The molecule has 5 heteroatoms. The van der Waals surface area contributed by atoms with Crippen molar-refractivity contribution in [1.29, 1.82) is 0 Å². The lowest BCUT2D eigenvalue weighted by molar-refractivity contribution is 0.294. The third kappa shape index (κ3) is 4.71. The first-order valence-corrected chi connectivity index (χ1v) is 9.93. The Labute approximate surface area is 156 Å². The van der Waals surface area contributed by atoms with Crippen molar-refractivity contribution in [3.8, 4) is 0 Å². The summed E-state index contributed by atoms with van der Waals surface area (Å²) in [4.78, 5) is 9.19. The summed E-state index contributed by atoms with van der Waals surface area (Å²) in [5.74, 6) is 0.519.